The summed E-state index contributed by atoms with van der Waals surface area (Å²) < 4.78 is 43.6. The Bertz CT molecular complexity index is 4990. The zero-order chi connectivity index (χ0) is 80.0. The third-order valence-corrected chi connectivity index (χ3v) is 25.7. The molecule has 614 valence electrons. The largest absolute Gasteiger partial charge is 0.465 e. The molecule has 24 nitrogen and oxygen atoms in total. The van der Waals surface area contributed by atoms with Crippen LogP contribution in [0.3, 0.4) is 0 Å². The minimum atomic E-state index is -0.416. The molecule has 4 saturated heterocycles. The van der Waals surface area contributed by atoms with Crippen molar-refractivity contribution < 1.29 is 47.6 Å². The maximum Gasteiger partial charge on any atom is 0.338 e. The number of hydrogen-bond acceptors (Lipinski definition) is 23. The van der Waals surface area contributed by atoms with Gasteiger partial charge in [-0.1, -0.05) is 73.7 Å². The second-order valence-corrected chi connectivity index (χ2v) is 33.2. The minimum absolute atomic E-state index is 0.0218. The van der Waals surface area contributed by atoms with Crippen molar-refractivity contribution in [3.05, 3.63) is 158 Å². The number of nitrogens with one attached hydrogen (secondary N) is 2. The predicted octanol–water partition coefficient (Wildman–Crippen LogP) is 12.0. The molecule has 9 aromatic rings. The number of carbonyl (C=O) groups is 3. The maximum atomic E-state index is 13.7. The summed E-state index contributed by atoms with van der Waals surface area (Å²) in [6.07, 6.45) is 23.6. The van der Waals surface area contributed by atoms with Crippen LogP contribution in [0.15, 0.2) is 96.6 Å². The molecule has 116 heavy (non-hydrogen) atoms. The summed E-state index contributed by atoms with van der Waals surface area (Å²) in [6, 6.07) is 28.2. The summed E-state index contributed by atoms with van der Waals surface area (Å²) in [7, 11) is 4.80. The number of aliphatic hydroxyl groups is 1. The Morgan fingerprint density at radius 3 is 2.22 bits per heavy atom. The van der Waals surface area contributed by atoms with Crippen LogP contribution < -0.4 is 34.8 Å². The van der Waals surface area contributed by atoms with Gasteiger partial charge in [-0.2, -0.15) is 9.61 Å². The van der Waals surface area contributed by atoms with Crippen molar-refractivity contribution in [3.8, 4) is 22.8 Å². The molecule has 9 aliphatic rings. The Morgan fingerprint density at radius 1 is 0.733 bits per heavy atom. The fraction of sp³-hybridized carbons (Fsp3) is 0.506. The first-order chi connectivity index (χ1) is 56.8. The van der Waals surface area contributed by atoms with Crippen molar-refractivity contribution in [1.82, 2.24) is 60.3 Å². The molecule has 3 unspecified atom stereocenters. The van der Waals surface area contributed by atoms with E-state index >= 15 is 0 Å². The number of fused-ring (bicyclic) bond motifs is 9. The van der Waals surface area contributed by atoms with Crippen molar-refractivity contribution in [2.24, 2.45) is 0 Å². The quantitative estimate of drug-likeness (QED) is 0.0503. The van der Waals surface area contributed by atoms with Crippen molar-refractivity contribution in [2.45, 2.75) is 160 Å². The molecular weight excluding hydrogens is 1510 g/mol. The molecule has 5 aromatic heterocycles. The number of anilines is 3. The van der Waals surface area contributed by atoms with Gasteiger partial charge in [0.15, 0.2) is 28.7 Å². The number of ether oxygens (including phenoxy) is 5. The number of hydrogen-bond donors (Lipinski definition) is 3. The van der Waals surface area contributed by atoms with Crippen LogP contribution in [-0.4, -0.2) is 229 Å². The Kier molecular flexibility index (Phi) is 27.5. The number of piperazine rings is 2. The number of methoxy groups -OCH3 is 3. The summed E-state index contributed by atoms with van der Waals surface area (Å²) in [5, 5.41) is 35.5. The second-order valence-electron chi connectivity index (χ2n) is 31.8. The summed E-state index contributed by atoms with van der Waals surface area (Å²) in [6.45, 7) is 16.3. The molecule has 18 rings (SSSR count). The standard InChI is InChI=1S/C25H27NO4S.C22H33N3O5.C21H23FN4.C21H27N7S/c1-3-17-8-9-18-14-23(28)21(13-20(18)12-17)16-26(10-11-27)24(31)15-19-6-4-5-7-22(19)25(29)30-2;1-27-17-4-6-19(28-2)18(12-17)23-22(26)14-25-9-7-24(8-10-25)13-16-3-5-20-21(11-16)30-15-29-20;22-16-8-6-7-15(13-16)19-14-20-23-18-10-3-2-9-17(18)21(26(20)24-19)25-11-4-1-5-12-25;1-4-10-27(11-5-1)19-15-7-3-2-6-14(15)16-17-18(29-21(16)23-19)20(25-26-24-17)28-12-8-22-9-13-28/h4-9,12-13,27H,3,10-11,14-16H2,1-2H3;3,5,11,17-19H,4,6-10,12-15H2,1-2H3,(H,23,26);6-8,13-14H,1-5,9-12H2;22H,1-13H2. The average Bonchev–Trinajstić information content (AvgIpc) is 1.56. The average molecular weight is 1620 g/mol. The van der Waals surface area contributed by atoms with Crippen molar-refractivity contribution in [2.75, 3.05) is 148 Å². The number of amides is 1. The highest BCUT2D eigenvalue weighted by molar-refractivity contribution is 7.80. The molecule has 0 bridgehead atoms. The molecule has 1 saturated carbocycles. The van der Waals surface area contributed by atoms with Gasteiger partial charge in [-0.15, -0.1) is 21.5 Å². The van der Waals surface area contributed by atoms with E-state index < -0.39 is 5.97 Å². The molecular formula is C89H110FN15O9S2. The number of thiocarbonyl (C=S) groups is 1. The van der Waals surface area contributed by atoms with Crippen molar-refractivity contribution >= 4 is 95.8 Å². The number of aliphatic hydroxyl groups excluding tert-OH is 1. The van der Waals surface area contributed by atoms with Crippen LogP contribution in [-0.2, 0) is 75.3 Å². The Labute approximate surface area is 688 Å². The van der Waals surface area contributed by atoms with E-state index in [0.717, 1.165) is 202 Å². The highest BCUT2D eigenvalue weighted by atomic mass is 32.1. The van der Waals surface area contributed by atoms with E-state index in [9.17, 15) is 23.9 Å². The number of aryl methyl sites for hydroxylation is 3. The summed E-state index contributed by atoms with van der Waals surface area (Å²) in [4.78, 5) is 63.2. The number of Topliss-reactive ketones (excluding diaryl/α,β-unsaturated/α-hetero) is 1. The highest BCUT2D eigenvalue weighted by Crippen LogP contribution is 2.44. The number of pyridine rings is 1. The molecule has 0 spiro atoms. The lowest BCUT2D eigenvalue weighted by molar-refractivity contribution is -0.125. The van der Waals surface area contributed by atoms with Gasteiger partial charge in [0.2, 0.25) is 12.7 Å². The van der Waals surface area contributed by atoms with Crippen LogP contribution in [0, 0.1) is 5.82 Å². The molecule has 1 amide bonds. The molecule has 3 atom stereocenters. The van der Waals surface area contributed by atoms with Crippen LogP contribution in [0.25, 0.3) is 43.4 Å². The second kappa shape index (κ2) is 38.9. The molecule has 27 heteroatoms. The van der Waals surface area contributed by atoms with Gasteiger partial charge in [0.25, 0.3) is 0 Å². The van der Waals surface area contributed by atoms with E-state index in [2.05, 4.69) is 81.7 Å². The molecule has 3 N–H and O–H groups in total. The number of halogens is 1. The molecule has 4 aliphatic carbocycles. The minimum Gasteiger partial charge on any atom is -0.465 e. The Balaban J connectivity index is 0.000000122. The van der Waals surface area contributed by atoms with Crippen LogP contribution in [0.2, 0.25) is 0 Å². The van der Waals surface area contributed by atoms with Gasteiger partial charge in [-0.05, 0) is 196 Å². The number of carbonyl (C=O) groups excluding carboxylic acids is 3. The number of benzene rings is 4. The number of esters is 1. The van der Waals surface area contributed by atoms with Crippen molar-refractivity contribution in [1.29, 1.82) is 0 Å². The van der Waals surface area contributed by atoms with E-state index in [1.807, 2.05) is 51.9 Å². The first-order valence-electron chi connectivity index (χ1n) is 42.0. The van der Waals surface area contributed by atoms with Gasteiger partial charge >= 0.3 is 5.97 Å². The SMILES string of the molecule is C1CCN(c2nc3sc4c(N5CCNCC5)nnnc4c3c3c2CCCC3)CC1.CCc1ccc2c(c1)C=C(CN(CCO)C(=S)Cc1ccccc1C(=O)OC)C(=O)C2.COC1CCC(OC)C(NC(=O)CN2CCN(Cc3ccc4c(c3)OCO4)CC2)C1.Fc1cccc(-c2cc3nc4c(c(N5CCCCC5)n3n2)CCCC4)c1. The van der Waals surface area contributed by atoms with E-state index in [-0.39, 0.29) is 42.4 Å². The lowest BCUT2D eigenvalue weighted by atomic mass is 9.89. The number of piperidine rings is 2. The topological polar surface area (TPSA) is 243 Å². The van der Waals surface area contributed by atoms with Crippen LogP contribution >= 0.6 is 23.6 Å². The lowest BCUT2D eigenvalue weighted by Crippen LogP contribution is -2.53. The summed E-state index contributed by atoms with van der Waals surface area (Å²) in [5.74, 6) is 4.61. The zero-order valence-corrected chi connectivity index (χ0v) is 69.2. The molecule has 5 aliphatic heterocycles. The van der Waals surface area contributed by atoms with E-state index in [1.54, 1.807) is 49.8 Å². The normalized spacial score (nSPS) is 19.5. The molecule has 5 fully saturated rings. The monoisotopic (exact) mass is 1620 g/mol. The number of nitrogens with zero attached hydrogens (tertiary/aromatic N) is 13. The van der Waals surface area contributed by atoms with Crippen LogP contribution in [0.1, 0.15) is 151 Å². The van der Waals surface area contributed by atoms with Gasteiger partial charge in [-0.25, -0.2) is 19.2 Å². The van der Waals surface area contributed by atoms with Gasteiger partial charge in [-0.3, -0.25) is 19.4 Å². The van der Waals surface area contributed by atoms with E-state index in [0.29, 0.717) is 55.4 Å². The number of ketones is 1. The first kappa shape index (κ1) is 81.9. The fourth-order valence-corrected chi connectivity index (χ4v) is 19.3. The number of rotatable bonds is 19. The first-order valence-corrected chi connectivity index (χ1v) is 43.2. The zero-order valence-electron chi connectivity index (χ0n) is 67.6. The molecule has 10 heterocycles. The van der Waals surface area contributed by atoms with Gasteiger partial charge in [0, 0.05) is 159 Å². The Morgan fingerprint density at radius 2 is 1.47 bits per heavy atom. The van der Waals surface area contributed by atoms with Gasteiger partial charge in [0.1, 0.15) is 32.5 Å². The van der Waals surface area contributed by atoms with E-state index in [4.69, 9.17) is 51.0 Å². The molecule has 0 radical (unpaired) electrons. The van der Waals surface area contributed by atoms with E-state index in [1.165, 1.54) is 128 Å². The highest BCUT2D eigenvalue weighted by Gasteiger charge is 2.35. The fourth-order valence-electron chi connectivity index (χ4n) is 17.9. The predicted molar refractivity (Wildman–Crippen MR) is 456 cm³/mol. The molecule has 4 aromatic carbocycles. The summed E-state index contributed by atoms with van der Waals surface area (Å²) >= 11 is 7.42. The van der Waals surface area contributed by atoms with Gasteiger partial charge < -0.3 is 59.0 Å². The third-order valence-electron chi connectivity index (χ3n) is 24.2. The number of thiophene rings is 1. The summed E-state index contributed by atoms with van der Waals surface area (Å²) in [5.41, 5.74) is 15.5. The Hall–Kier alpha value is -9.19. The lowest BCUT2D eigenvalue weighted by Gasteiger charge is -2.37. The van der Waals surface area contributed by atoms with Crippen LogP contribution in [0.5, 0.6) is 11.5 Å². The third kappa shape index (κ3) is 19.3. The van der Waals surface area contributed by atoms with Crippen LogP contribution in [0.4, 0.5) is 21.8 Å². The van der Waals surface area contributed by atoms with Gasteiger partial charge in [0.05, 0.1) is 54.8 Å². The number of aromatic nitrogens is 7. The van der Waals surface area contributed by atoms with Crippen molar-refractivity contribution in [3.63, 3.8) is 0 Å². The smallest absolute Gasteiger partial charge is 0.338 e. The maximum absolute atomic E-state index is 13.7.